The predicted octanol–water partition coefficient (Wildman–Crippen LogP) is 0.149. The molecule has 0 atom stereocenters. The quantitative estimate of drug-likeness (QED) is 0.359. The molecule has 1 aromatic rings. The average molecular weight is 296 g/mol. The van der Waals surface area contributed by atoms with Crippen LogP contribution in [0.4, 0.5) is 5.69 Å². The molecule has 0 saturated heterocycles. The van der Waals surface area contributed by atoms with Crippen molar-refractivity contribution in [3.63, 3.8) is 0 Å². The molecule has 108 valence electrons. The molecule has 0 bridgehead atoms. The van der Waals surface area contributed by atoms with Gasteiger partial charge in [-0.25, -0.2) is 0 Å². The number of amides is 2. The third-order valence-corrected chi connectivity index (χ3v) is 2.55. The second-order valence-electron chi connectivity index (χ2n) is 3.68. The Labute approximate surface area is 122 Å². The minimum atomic E-state index is -0.505. The van der Waals surface area contributed by atoms with Crippen LogP contribution in [0.15, 0.2) is 24.3 Å². The molecule has 7 nitrogen and oxygen atoms in total. The molecule has 0 aliphatic rings. The van der Waals surface area contributed by atoms with E-state index >= 15 is 0 Å². The largest absolute Gasteiger partial charge is 0.495 e. The number of para-hydroxylation sites is 2. The Kier molecular flexibility index (Phi) is 6.24. The number of thiocarbonyl (C=S) groups is 1. The van der Waals surface area contributed by atoms with Crippen LogP contribution in [0.2, 0.25) is 0 Å². The first-order chi connectivity index (χ1) is 9.56. The normalized spacial score (nSPS) is 9.30. The van der Waals surface area contributed by atoms with Crippen LogP contribution in [0.3, 0.4) is 0 Å². The Hall–Kier alpha value is -2.35. The van der Waals surface area contributed by atoms with E-state index in [2.05, 4.69) is 21.5 Å². The molecule has 0 aromatic heterocycles. The van der Waals surface area contributed by atoms with Crippen molar-refractivity contribution in [2.24, 2.45) is 0 Å². The molecule has 0 saturated carbocycles. The van der Waals surface area contributed by atoms with Crippen LogP contribution in [0.5, 0.6) is 5.75 Å². The van der Waals surface area contributed by atoms with Crippen molar-refractivity contribution >= 4 is 34.8 Å². The minimum Gasteiger partial charge on any atom is -0.495 e. The van der Waals surface area contributed by atoms with Crippen LogP contribution in [0, 0.1) is 0 Å². The van der Waals surface area contributed by atoms with Gasteiger partial charge in [0.2, 0.25) is 11.8 Å². The lowest BCUT2D eigenvalue weighted by Crippen LogP contribution is -2.46. The summed E-state index contributed by atoms with van der Waals surface area (Å²) in [7, 11) is 3.11. The van der Waals surface area contributed by atoms with E-state index in [-0.39, 0.29) is 11.5 Å². The van der Waals surface area contributed by atoms with Gasteiger partial charge in [-0.05, 0) is 24.4 Å². The number of rotatable bonds is 4. The van der Waals surface area contributed by atoms with Crippen molar-refractivity contribution < 1.29 is 14.3 Å². The summed E-state index contributed by atoms with van der Waals surface area (Å²) >= 11 is 4.77. The zero-order valence-electron chi connectivity index (χ0n) is 11.1. The van der Waals surface area contributed by atoms with E-state index in [1.807, 2.05) is 0 Å². The third kappa shape index (κ3) is 5.11. The first-order valence-corrected chi connectivity index (χ1v) is 6.17. The number of carbonyl (C=O) groups is 2. The van der Waals surface area contributed by atoms with Gasteiger partial charge < -0.3 is 15.4 Å². The molecular weight excluding hydrogens is 280 g/mol. The van der Waals surface area contributed by atoms with Crippen molar-refractivity contribution in [3.05, 3.63) is 24.3 Å². The monoisotopic (exact) mass is 296 g/mol. The van der Waals surface area contributed by atoms with Gasteiger partial charge >= 0.3 is 0 Å². The van der Waals surface area contributed by atoms with Gasteiger partial charge in [0, 0.05) is 7.05 Å². The average Bonchev–Trinajstić information content (AvgIpc) is 2.45. The molecule has 0 fully saturated rings. The predicted molar refractivity (Wildman–Crippen MR) is 79.2 cm³/mol. The van der Waals surface area contributed by atoms with E-state index in [1.165, 1.54) is 7.11 Å². The van der Waals surface area contributed by atoms with Crippen molar-refractivity contribution in [1.29, 1.82) is 0 Å². The summed E-state index contributed by atoms with van der Waals surface area (Å²) in [6, 6.07) is 6.93. The van der Waals surface area contributed by atoms with E-state index in [4.69, 9.17) is 17.0 Å². The van der Waals surface area contributed by atoms with Crippen molar-refractivity contribution in [2.75, 3.05) is 19.5 Å². The van der Waals surface area contributed by atoms with Crippen LogP contribution in [0.25, 0.3) is 0 Å². The summed E-state index contributed by atoms with van der Waals surface area (Å²) in [4.78, 5) is 23.2. The van der Waals surface area contributed by atoms with E-state index < -0.39 is 11.8 Å². The van der Waals surface area contributed by atoms with E-state index in [9.17, 15) is 9.59 Å². The Bertz CT molecular complexity index is 507. The maximum absolute atomic E-state index is 11.7. The summed E-state index contributed by atoms with van der Waals surface area (Å²) in [5, 5.41) is 5.46. The SMILES string of the molecule is CNC(=S)NNC(=O)CC(=O)Nc1ccccc1OC. The highest BCUT2D eigenvalue weighted by Gasteiger charge is 2.11. The highest BCUT2D eigenvalue weighted by molar-refractivity contribution is 7.80. The maximum Gasteiger partial charge on any atom is 0.247 e. The summed E-state index contributed by atoms with van der Waals surface area (Å²) in [5.41, 5.74) is 5.24. The smallest absolute Gasteiger partial charge is 0.247 e. The number of nitrogens with one attached hydrogen (secondary N) is 4. The fourth-order valence-corrected chi connectivity index (χ4v) is 1.37. The van der Waals surface area contributed by atoms with Gasteiger partial charge in [-0.1, -0.05) is 12.1 Å². The Morgan fingerprint density at radius 1 is 1.20 bits per heavy atom. The summed E-state index contributed by atoms with van der Waals surface area (Å²) in [5.74, 6) is -0.435. The second-order valence-corrected chi connectivity index (χ2v) is 4.09. The maximum atomic E-state index is 11.7. The highest BCUT2D eigenvalue weighted by atomic mass is 32.1. The molecule has 1 rings (SSSR count). The number of hydrazine groups is 1. The van der Waals surface area contributed by atoms with Gasteiger partial charge in [-0.2, -0.15) is 0 Å². The van der Waals surface area contributed by atoms with Crippen molar-refractivity contribution in [3.8, 4) is 5.75 Å². The molecule has 0 aliphatic heterocycles. The van der Waals surface area contributed by atoms with E-state index in [0.29, 0.717) is 11.4 Å². The van der Waals surface area contributed by atoms with Crippen molar-refractivity contribution in [2.45, 2.75) is 6.42 Å². The third-order valence-electron chi connectivity index (χ3n) is 2.24. The van der Waals surface area contributed by atoms with E-state index in [1.54, 1.807) is 31.3 Å². The lowest BCUT2D eigenvalue weighted by atomic mass is 10.2. The molecule has 8 heteroatoms. The zero-order valence-corrected chi connectivity index (χ0v) is 12.0. The van der Waals surface area contributed by atoms with Gasteiger partial charge in [0.05, 0.1) is 12.8 Å². The molecule has 1 aromatic carbocycles. The first kappa shape index (κ1) is 15.7. The molecule has 20 heavy (non-hydrogen) atoms. The topological polar surface area (TPSA) is 91.5 Å². The fraction of sp³-hybridized carbons (Fsp3) is 0.250. The molecule has 4 N–H and O–H groups in total. The highest BCUT2D eigenvalue weighted by Crippen LogP contribution is 2.22. The summed E-state index contributed by atoms with van der Waals surface area (Å²) < 4.78 is 5.09. The first-order valence-electron chi connectivity index (χ1n) is 5.76. The van der Waals surface area contributed by atoms with Crippen LogP contribution in [-0.2, 0) is 9.59 Å². The number of carbonyl (C=O) groups excluding carboxylic acids is 2. The van der Waals surface area contributed by atoms with Crippen LogP contribution in [-0.4, -0.2) is 31.1 Å². The van der Waals surface area contributed by atoms with Gasteiger partial charge in [0.15, 0.2) is 5.11 Å². The number of ether oxygens (including phenoxy) is 1. The Balaban J connectivity index is 2.47. The van der Waals surface area contributed by atoms with Gasteiger partial charge in [0.25, 0.3) is 0 Å². The van der Waals surface area contributed by atoms with E-state index in [0.717, 1.165) is 0 Å². The number of hydrogen-bond donors (Lipinski definition) is 4. The molecule has 2 amide bonds. The Morgan fingerprint density at radius 3 is 2.55 bits per heavy atom. The van der Waals surface area contributed by atoms with Gasteiger partial charge in [-0.15, -0.1) is 0 Å². The zero-order chi connectivity index (χ0) is 15.0. The summed E-state index contributed by atoms with van der Waals surface area (Å²) in [6.45, 7) is 0. The molecule has 0 radical (unpaired) electrons. The van der Waals surface area contributed by atoms with Crippen LogP contribution in [0.1, 0.15) is 6.42 Å². The fourth-order valence-electron chi connectivity index (χ4n) is 1.32. The number of methoxy groups -OCH3 is 1. The second kappa shape index (κ2) is 7.95. The number of benzene rings is 1. The molecule has 0 unspecified atom stereocenters. The van der Waals surface area contributed by atoms with Crippen LogP contribution >= 0.6 is 12.2 Å². The van der Waals surface area contributed by atoms with Gasteiger partial charge in [0.1, 0.15) is 12.2 Å². The Morgan fingerprint density at radius 2 is 1.90 bits per heavy atom. The lowest BCUT2D eigenvalue weighted by molar-refractivity contribution is -0.127. The van der Waals surface area contributed by atoms with Crippen LogP contribution < -0.4 is 26.2 Å². The minimum absolute atomic E-state index is 0.253. The summed E-state index contributed by atoms with van der Waals surface area (Å²) in [6.07, 6.45) is -0.336. The molecule has 0 spiro atoms. The lowest BCUT2D eigenvalue weighted by Gasteiger charge is -2.11. The number of anilines is 1. The molecule has 0 heterocycles. The molecule has 0 aliphatic carbocycles. The number of hydrogen-bond acceptors (Lipinski definition) is 4. The van der Waals surface area contributed by atoms with Gasteiger partial charge in [-0.3, -0.25) is 20.4 Å². The standard InChI is InChI=1S/C12H16N4O3S/c1-13-12(20)16-15-11(18)7-10(17)14-8-5-3-4-6-9(8)19-2/h3-6H,7H2,1-2H3,(H,14,17)(H,15,18)(H2,13,16,20). The van der Waals surface area contributed by atoms with Crippen molar-refractivity contribution in [1.82, 2.24) is 16.2 Å². The molecular formula is C12H16N4O3S.